The zero-order chi connectivity index (χ0) is 17.4. The summed E-state index contributed by atoms with van der Waals surface area (Å²) in [7, 11) is 3.09. The van der Waals surface area contributed by atoms with Crippen molar-refractivity contribution in [3.05, 3.63) is 47.5 Å². The van der Waals surface area contributed by atoms with E-state index in [-0.39, 0.29) is 6.03 Å². The lowest BCUT2D eigenvalue weighted by Crippen LogP contribution is -2.32. The van der Waals surface area contributed by atoms with E-state index in [2.05, 4.69) is 10.6 Å². The smallest absolute Gasteiger partial charge is 0.319 e. The second kappa shape index (κ2) is 8.88. The van der Waals surface area contributed by atoms with Gasteiger partial charge in [-0.2, -0.15) is 0 Å². The summed E-state index contributed by atoms with van der Waals surface area (Å²) in [5.41, 5.74) is 0.595. The molecule has 0 saturated heterocycles. The molecule has 2 rings (SSSR count). The zero-order valence-corrected chi connectivity index (χ0v) is 14.2. The molecule has 0 heterocycles. The van der Waals surface area contributed by atoms with Crippen LogP contribution in [0, 0.1) is 0 Å². The Hall–Kier alpha value is -2.60. The highest BCUT2D eigenvalue weighted by molar-refractivity contribution is 6.32. The minimum absolute atomic E-state index is 0.309. The quantitative estimate of drug-likeness (QED) is 0.749. The van der Waals surface area contributed by atoms with E-state index >= 15 is 0 Å². The van der Waals surface area contributed by atoms with Crippen molar-refractivity contribution in [3.63, 3.8) is 0 Å². The Morgan fingerprint density at radius 2 is 1.79 bits per heavy atom. The van der Waals surface area contributed by atoms with E-state index in [1.807, 2.05) is 12.1 Å². The maximum atomic E-state index is 11.9. The number of nitrogens with one attached hydrogen (secondary N) is 2. The number of para-hydroxylation sites is 1. The molecule has 6 nitrogen and oxygen atoms in total. The number of halogens is 1. The molecule has 7 heteroatoms. The van der Waals surface area contributed by atoms with Crippen molar-refractivity contribution < 1.29 is 19.0 Å². The molecular weight excluding hydrogens is 332 g/mol. The number of carbonyl (C=O) groups is 1. The van der Waals surface area contributed by atoms with Crippen LogP contribution >= 0.6 is 11.6 Å². The van der Waals surface area contributed by atoms with Gasteiger partial charge in [0, 0.05) is 11.8 Å². The molecule has 2 N–H and O–H groups in total. The van der Waals surface area contributed by atoms with E-state index in [0.29, 0.717) is 41.1 Å². The molecule has 0 fully saturated rings. The largest absolute Gasteiger partial charge is 0.493 e. The van der Waals surface area contributed by atoms with Gasteiger partial charge in [0.1, 0.15) is 12.4 Å². The van der Waals surface area contributed by atoms with Crippen molar-refractivity contribution in [1.82, 2.24) is 5.32 Å². The lowest BCUT2D eigenvalue weighted by Gasteiger charge is -2.12. The summed E-state index contributed by atoms with van der Waals surface area (Å²) in [6.45, 7) is 0.646. The second-order valence-corrected chi connectivity index (χ2v) is 5.14. The van der Waals surface area contributed by atoms with Gasteiger partial charge in [-0.05, 0) is 24.3 Å². The van der Waals surface area contributed by atoms with Crippen LogP contribution in [0.1, 0.15) is 0 Å². The van der Waals surface area contributed by atoms with Gasteiger partial charge in [-0.1, -0.05) is 23.7 Å². The van der Waals surface area contributed by atoms with E-state index < -0.39 is 0 Å². The first kappa shape index (κ1) is 17.7. The van der Waals surface area contributed by atoms with Gasteiger partial charge < -0.3 is 24.8 Å². The molecule has 0 radical (unpaired) electrons. The number of anilines is 1. The number of hydrogen-bond donors (Lipinski definition) is 2. The molecule has 2 amide bonds. The summed E-state index contributed by atoms with van der Waals surface area (Å²) >= 11 is 5.98. The highest BCUT2D eigenvalue weighted by Crippen LogP contribution is 2.29. The molecule has 0 bridgehead atoms. The topological polar surface area (TPSA) is 68.8 Å². The first-order chi connectivity index (χ1) is 11.6. The number of benzene rings is 2. The fourth-order valence-corrected chi connectivity index (χ4v) is 2.17. The van der Waals surface area contributed by atoms with Gasteiger partial charge in [-0.25, -0.2) is 4.79 Å². The monoisotopic (exact) mass is 350 g/mol. The van der Waals surface area contributed by atoms with Gasteiger partial charge in [-0.3, -0.25) is 0 Å². The molecule has 0 unspecified atom stereocenters. The molecule has 128 valence electrons. The molecular formula is C17H19ClN2O4. The maximum absolute atomic E-state index is 11.9. The van der Waals surface area contributed by atoms with E-state index in [0.717, 1.165) is 0 Å². The third kappa shape index (κ3) is 4.96. The first-order valence-corrected chi connectivity index (χ1v) is 7.66. The molecule has 0 aliphatic heterocycles. The summed E-state index contributed by atoms with van der Waals surface area (Å²) in [5.74, 6) is 1.72. The van der Waals surface area contributed by atoms with Crippen molar-refractivity contribution in [2.24, 2.45) is 0 Å². The highest BCUT2D eigenvalue weighted by atomic mass is 35.5. The van der Waals surface area contributed by atoms with E-state index in [1.54, 1.807) is 37.4 Å². The third-order valence-electron chi connectivity index (χ3n) is 3.12. The summed E-state index contributed by atoms with van der Waals surface area (Å²) < 4.78 is 15.8. The van der Waals surface area contributed by atoms with E-state index in [9.17, 15) is 4.79 Å². The first-order valence-electron chi connectivity index (χ1n) is 7.28. The predicted molar refractivity (Wildman–Crippen MR) is 93.5 cm³/mol. The van der Waals surface area contributed by atoms with Gasteiger partial charge in [-0.15, -0.1) is 0 Å². The lowest BCUT2D eigenvalue weighted by atomic mass is 10.3. The van der Waals surface area contributed by atoms with Gasteiger partial charge >= 0.3 is 6.03 Å². The van der Waals surface area contributed by atoms with Crippen LogP contribution in [0.25, 0.3) is 0 Å². The molecule has 0 aliphatic rings. The fraction of sp³-hybridized carbons (Fsp3) is 0.235. The van der Waals surface area contributed by atoms with Crippen LogP contribution < -0.4 is 24.8 Å². The second-order valence-electron chi connectivity index (χ2n) is 4.73. The lowest BCUT2D eigenvalue weighted by molar-refractivity contribution is 0.247. The van der Waals surface area contributed by atoms with Crippen LogP contribution in [0.3, 0.4) is 0 Å². The van der Waals surface area contributed by atoms with E-state index in [1.165, 1.54) is 7.11 Å². The normalized spacial score (nSPS) is 9.96. The SMILES string of the molecule is COc1ccc(NC(=O)NCCOc2ccccc2Cl)cc1OC. The third-order valence-corrected chi connectivity index (χ3v) is 3.44. The molecule has 0 spiro atoms. The number of hydrogen-bond acceptors (Lipinski definition) is 4. The van der Waals surface area contributed by atoms with Crippen LogP contribution in [0.5, 0.6) is 17.2 Å². The van der Waals surface area contributed by atoms with Crippen molar-refractivity contribution in [2.75, 3.05) is 32.7 Å². The fourth-order valence-electron chi connectivity index (χ4n) is 1.98. The Morgan fingerprint density at radius 3 is 2.50 bits per heavy atom. The van der Waals surface area contributed by atoms with Crippen LogP contribution in [0.2, 0.25) is 5.02 Å². The number of urea groups is 1. The Kier molecular flexibility index (Phi) is 6.57. The predicted octanol–water partition coefficient (Wildman–Crippen LogP) is 3.56. The number of amides is 2. The van der Waals surface area contributed by atoms with Gasteiger partial charge in [0.25, 0.3) is 0 Å². The van der Waals surface area contributed by atoms with Gasteiger partial charge in [0.2, 0.25) is 0 Å². The standard InChI is InChI=1S/C17H19ClN2O4/c1-22-15-8-7-12(11-16(15)23-2)20-17(21)19-9-10-24-14-6-4-3-5-13(14)18/h3-8,11H,9-10H2,1-2H3,(H2,19,20,21). The number of ether oxygens (including phenoxy) is 3. The summed E-state index contributed by atoms with van der Waals surface area (Å²) in [4.78, 5) is 11.9. The Bertz CT molecular complexity index is 694. The molecule has 0 saturated carbocycles. The number of methoxy groups -OCH3 is 2. The molecule has 0 aromatic heterocycles. The van der Waals surface area contributed by atoms with Crippen LogP contribution in [0.4, 0.5) is 10.5 Å². The molecule has 24 heavy (non-hydrogen) atoms. The van der Waals surface area contributed by atoms with Gasteiger partial charge in [0.05, 0.1) is 25.8 Å². The van der Waals surface area contributed by atoms with E-state index in [4.69, 9.17) is 25.8 Å². The molecule has 2 aromatic rings. The Labute approximate surface area is 145 Å². The van der Waals surface area contributed by atoms with Crippen molar-refractivity contribution in [1.29, 1.82) is 0 Å². The van der Waals surface area contributed by atoms with Crippen LogP contribution in [-0.2, 0) is 0 Å². The number of carbonyl (C=O) groups excluding carboxylic acids is 1. The Morgan fingerprint density at radius 1 is 1.04 bits per heavy atom. The number of rotatable bonds is 7. The average molecular weight is 351 g/mol. The summed E-state index contributed by atoms with van der Waals surface area (Å²) in [5, 5.41) is 5.94. The van der Waals surface area contributed by atoms with Crippen molar-refractivity contribution >= 4 is 23.3 Å². The maximum Gasteiger partial charge on any atom is 0.319 e. The highest BCUT2D eigenvalue weighted by Gasteiger charge is 2.07. The van der Waals surface area contributed by atoms with Crippen molar-refractivity contribution in [3.8, 4) is 17.2 Å². The molecule has 2 aromatic carbocycles. The molecule has 0 atom stereocenters. The summed E-state index contributed by atoms with van der Waals surface area (Å²) in [6.07, 6.45) is 0. The van der Waals surface area contributed by atoms with Crippen LogP contribution in [-0.4, -0.2) is 33.4 Å². The Balaban J connectivity index is 1.78. The van der Waals surface area contributed by atoms with Crippen LogP contribution in [0.15, 0.2) is 42.5 Å². The minimum atomic E-state index is -0.343. The average Bonchev–Trinajstić information content (AvgIpc) is 2.60. The summed E-state index contributed by atoms with van der Waals surface area (Å²) in [6, 6.07) is 11.9. The minimum Gasteiger partial charge on any atom is -0.493 e. The molecule has 0 aliphatic carbocycles. The van der Waals surface area contributed by atoms with Crippen molar-refractivity contribution in [2.45, 2.75) is 0 Å². The zero-order valence-electron chi connectivity index (χ0n) is 13.5. The van der Waals surface area contributed by atoms with Gasteiger partial charge in [0.15, 0.2) is 11.5 Å².